The summed E-state index contributed by atoms with van der Waals surface area (Å²) in [6.45, 7) is 2.30. The third kappa shape index (κ3) is 5.17. The van der Waals surface area contributed by atoms with Crippen LogP contribution in [-0.2, 0) is 24.2 Å². The highest BCUT2D eigenvalue weighted by atomic mass is 32.2. The number of nitrogens with zero attached hydrogens (tertiary/aromatic N) is 1. The second-order valence-corrected chi connectivity index (χ2v) is 8.27. The van der Waals surface area contributed by atoms with Gasteiger partial charge in [-0.3, -0.25) is 9.59 Å². The van der Waals surface area contributed by atoms with Gasteiger partial charge in [0.2, 0.25) is 5.91 Å². The number of aryl methyl sites for hydroxylation is 1. The largest absolute Gasteiger partial charge is 0.422 e. The van der Waals surface area contributed by atoms with E-state index in [1.165, 1.54) is 0 Å². The van der Waals surface area contributed by atoms with Gasteiger partial charge in [0.05, 0.1) is 10.6 Å². The average Bonchev–Trinajstić information content (AvgIpc) is 2.71. The molecule has 0 saturated heterocycles. The van der Waals surface area contributed by atoms with Crippen LogP contribution in [0.4, 0.5) is 0 Å². The molecule has 7 heteroatoms. The maximum Gasteiger partial charge on any atom is 0.422 e. The van der Waals surface area contributed by atoms with Gasteiger partial charge in [0.25, 0.3) is 5.56 Å². The zero-order valence-corrected chi connectivity index (χ0v) is 17.1. The zero-order valence-electron chi connectivity index (χ0n) is 16.3. The van der Waals surface area contributed by atoms with Crippen LogP contribution in [0.1, 0.15) is 24.5 Å². The molecule has 29 heavy (non-hydrogen) atoms. The molecule has 0 saturated carbocycles. The monoisotopic (exact) mass is 412 g/mol. The smallest absolute Gasteiger partial charge is 0.409 e. The van der Waals surface area contributed by atoms with Crippen molar-refractivity contribution in [1.82, 2.24) is 4.57 Å². The standard InChI is InChI=1S/C22H24N2O4S/c1-2-29-19(20(23)25)14-16-11-9-15(10-12-16)6-5-13-24-21(26)17-7-3-4-8-18(17)28-22(24)27/h3-4,7-12,19H,2,5-6,13-14H2,1H3,(H2,23,25). The molecule has 6 nitrogen and oxygen atoms in total. The number of carbonyl (C=O) groups is 1. The molecule has 0 radical (unpaired) electrons. The van der Waals surface area contributed by atoms with Crippen LogP contribution in [0.15, 0.2) is 62.5 Å². The van der Waals surface area contributed by atoms with Crippen molar-refractivity contribution in [3.8, 4) is 0 Å². The Labute approximate surface area is 172 Å². The van der Waals surface area contributed by atoms with Crippen LogP contribution < -0.4 is 17.0 Å². The summed E-state index contributed by atoms with van der Waals surface area (Å²) in [4.78, 5) is 36.1. The second-order valence-electron chi connectivity index (χ2n) is 6.79. The molecule has 1 amide bonds. The molecular formula is C22H24N2O4S. The van der Waals surface area contributed by atoms with E-state index in [9.17, 15) is 14.4 Å². The van der Waals surface area contributed by atoms with Crippen LogP contribution in [0.25, 0.3) is 11.0 Å². The maximum atomic E-state index is 12.5. The molecule has 3 aromatic rings. The van der Waals surface area contributed by atoms with Crippen molar-refractivity contribution in [3.63, 3.8) is 0 Å². The Morgan fingerprint density at radius 3 is 2.48 bits per heavy atom. The van der Waals surface area contributed by atoms with Crippen LogP contribution in [0.2, 0.25) is 0 Å². The van der Waals surface area contributed by atoms with Crippen LogP contribution in [0, 0.1) is 0 Å². The van der Waals surface area contributed by atoms with Crippen molar-refractivity contribution in [1.29, 1.82) is 0 Å². The Morgan fingerprint density at radius 2 is 1.79 bits per heavy atom. The lowest BCUT2D eigenvalue weighted by atomic mass is 10.0. The Morgan fingerprint density at radius 1 is 1.10 bits per heavy atom. The SMILES string of the molecule is CCSC(Cc1ccc(CCCn2c(=O)oc3ccccc3c2=O)cc1)C(N)=O. The van der Waals surface area contributed by atoms with Crippen molar-refractivity contribution in [2.45, 2.75) is 38.0 Å². The van der Waals surface area contributed by atoms with Crippen molar-refractivity contribution in [2.24, 2.45) is 5.73 Å². The number of thioether (sulfide) groups is 1. The van der Waals surface area contributed by atoms with E-state index in [0.29, 0.717) is 30.4 Å². The number of hydrogen-bond acceptors (Lipinski definition) is 5. The maximum absolute atomic E-state index is 12.5. The number of fused-ring (bicyclic) bond motifs is 1. The number of amides is 1. The first-order valence-electron chi connectivity index (χ1n) is 9.61. The van der Waals surface area contributed by atoms with Gasteiger partial charge in [-0.2, -0.15) is 0 Å². The van der Waals surface area contributed by atoms with E-state index in [1.54, 1.807) is 36.0 Å². The third-order valence-corrected chi connectivity index (χ3v) is 5.89. The summed E-state index contributed by atoms with van der Waals surface area (Å²) >= 11 is 1.55. The molecule has 0 fully saturated rings. The number of rotatable bonds is 9. The molecule has 0 aliphatic carbocycles. The molecule has 0 aliphatic heterocycles. The highest BCUT2D eigenvalue weighted by Crippen LogP contribution is 2.17. The normalized spacial score (nSPS) is 12.2. The predicted molar refractivity (Wildman–Crippen MR) is 116 cm³/mol. The van der Waals surface area contributed by atoms with Gasteiger partial charge < -0.3 is 10.2 Å². The van der Waals surface area contributed by atoms with Gasteiger partial charge in [0.15, 0.2) is 0 Å². The summed E-state index contributed by atoms with van der Waals surface area (Å²) in [5, 5.41) is 0.190. The average molecular weight is 413 g/mol. The topological polar surface area (TPSA) is 95.3 Å². The van der Waals surface area contributed by atoms with Crippen LogP contribution >= 0.6 is 11.8 Å². The molecule has 152 valence electrons. The fourth-order valence-electron chi connectivity index (χ4n) is 3.24. The summed E-state index contributed by atoms with van der Waals surface area (Å²) in [6, 6.07) is 14.8. The number of benzene rings is 2. The van der Waals surface area contributed by atoms with Gasteiger partial charge in [-0.25, -0.2) is 9.36 Å². The van der Waals surface area contributed by atoms with E-state index in [0.717, 1.165) is 27.9 Å². The van der Waals surface area contributed by atoms with E-state index >= 15 is 0 Å². The van der Waals surface area contributed by atoms with E-state index in [4.69, 9.17) is 10.2 Å². The van der Waals surface area contributed by atoms with Crippen molar-refractivity contribution < 1.29 is 9.21 Å². The summed E-state index contributed by atoms with van der Waals surface area (Å²) in [6.07, 6.45) is 1.97. The number of hydrogen-bond donors (Lipinski definition) is 1. The minimum atomic E-state index is -0.630. The summed E-state index contributed by atoms with van der Waals surface area (Å²) in [5.74, 6) is -0.0797. The number of nitrogens with two attached hydrogens (primary N) is 1. The van der Waals surface area contributed by atoms with E-state index in [-0.39, 0.29) is 16.7 Å². The summed E-state index contributed by atoms with van der Waals surface area (Å²) in [7, 11) is 0. The lowest BCUT2D eigenvalue weighted by Crippen LogP contribution is -2.32. The van der Waals surface area contributed by atoms with Gasteiger partial charge >= 0.3 is 5.76 Å². The molecule has 1 aromatic heterocycles. The van der Waals surface area contributed by atoms with Gasteiger partial charge in [-0.1, -0.05) is 43.3 Å². The number of carbonyl (C=O) groups excluding carboxylic acids is 1. The van der Waals surface area contributed by atoms with Crippen molar-refractivity contribution in [2.75, 3.05) is 5.75 Å². The van der Waals surface area contributed by atoms with Crippen LogP contribution in [-0.4, -0.2) is 21.5 Å². The molecule has 1 atom stereocenters. The quantitative estimate of drug-likeness (QED) is 0.583. The lowest BCUT2D eigenvalue weighted by molar-refractivity contribution is -0.117. The Bertz CT molecular complexity index is 1100. The first kappa shape index (κ1) is 20.9. The molecule has 0 spiro atoms. The number of primary amides is 1. The van der Waals surface area contributed by atoms with Gasteiger partial charge in [-0.15, -0.1) is 11.8 Å². The van der Waals surface area contributed by atoms with E-state index in [1.807, 2.05) is 31.2 Å². The first-order chi connectivity index (χ1) is 14.0. The fourth-order valence-corrected chi connectivity index (χ4v) is 4.12. The van der Waals surface area contributed by atoms with Crippen molar-refractivity contribution >= 4 is 28.6 Å². The molecule has 1 unspecified atom stereocenters. The molecule has 2 N–H and O–H groups in total. The van der Waals surface area contributed by atoms with Gasteiger partial charge in [0.1, 0.15) is 5.58 Å². The molecule has 2 aromatic carbocycles. The minimum absolute atomic E-state index is 0.218. The predicted octanol–water partition coefficient (Wildman–Crippen LogP) is 2.74. The first-order valence-corrected chi connectivity index (χ1v) is 10.7. The number of para-hydroxylation sites is 1. The Balaban J connectivity index is 1.63. The third-order valence-electron chi connectivity index (χ3n) is 4.76. The highest BCUT2D eigenvalue weighted by Gasteiger charge is 2.15. The fraction of sp³-hybridized carbons (Fsp3) is 0.318. The number of aromatic nitrogens is 1. The molecular weight excluding hydrogens is 388 g/mol. The Kier molecular flexibility index (Phi) is 6.93. The summed E-state index contributed by atoms with van der Waals surface area (Å²) in [5.41, 5.74) is 7.61. The zero-order chi connectivity index (χ0) is 20.8. The molecule has 0 bridgehead atoms. The van der Waals surface area contributed by atoms with E-state index < -0.39 is 5.76 Å². The Hall–Kier alpha value is -2.80. The van der Waals surface area contributed by atoms with Gasteiger partial charge in [0, 0.05) is 6.54 Å². The minimum Gasteiger partial charge on any atom is -0.409 e. The van der Waals surface area contributed by atoms with Crippen LogP contribution in [0.3, 0.4) is 0 Å². The second kappa shape index (κ2) is 9.60. The highest BCUT2D eigenvalue weighted by molar-refractivity contribution is 8.00. The lowest BCUT2D eigenvalue weighted by Gasteiger charge is -2.12. The molecule has 3 rings (SSSR count). The van der Waals surface area contributed by atoms with E-state index in [2.05, 4.69) is 0 Å². The molecule has 0 aliphatic rings. The summed E-state index contributed by atoms with van der Waals surface area (Å²) < 4.78 is 6.38. The molecule has 1 heterocycles. The van der Waals surface area contributed by atoms with Crippen LogP contribution in [0.5, 0.6) is 0 Å². The van der Waals surface area contributed by atoms with Gasteiger partial charge in [-0.05, 0) is 48.3 Å². The van der Waals surface area contributed by atoms with Crippen molar-refractivity contribution in [3.05, 3.63) is 80.6 Å².